The van der Waals surface area contributed by atoms with Crippen molar-refractivity contribution in [1.29, 1.82) is 0 Å². The maximum Gasteiger partial charge on any atom is 0.254 e. The van der Waals surface area contributed by atoms with Crippen LogP contribution in [-0.2, 0) is 59.0 Å². The molecule has 1 aromatic rings. The van der Waals surface area contributed by atoms with Gasteiger partial charge in [-0.25, -0.2) is 0 Å². The first-order chi connectivity index (χ1) is 33.5. The number of ether oxygens (including phenoxy) is 2. The monoisotopic (exact) mass is 994 g/mol. The number of likely N-dealkylation sites (N-methyl/N-ethyl adjacent to an activating group) is 3. The molecule has 2 fully saturated rings. The third kappa shape index (κ3) is 15.1. The van der Waals surface area contributed by atoms with Gasteiger partial charge in [-0.2, -0.15) is 0 Å². The Kier molecular flexibility index (Phi) is 21.7. The summed E-state index contributed by atoms with van der Waals surface area (Å²) in [6.45, 7) is 13.7. The summed E-state index contributed by atoms with van der Waals surface area (Å²) in [5, 5.41) is 10.8. The Labute approximate surface area is 419 Å². The van der Waals surface area contributed by atoms with Crippen LogP contribution in [0.5, 0.6) is 0 Å². The molecule has 3 aliphatic rings. The Bertz CT molecular complexity index is 2100. The molecule has 394 valence electrons. The molecule has 0 radical (unpaired) electrons. The van der Waals surface area contributed by atoms with E-state index < -0.39 is 78.4 Å². The predicted octanol–water partition coefficient (Wildman–Crippen LogP) is 1.72. The highest BCUT2D eigenvalue weighted by Crippen LogP contribution is 2.30. The minimum Gasteiger partial charge on any atom is -0.379 e. The van der Waals surface area contributed by atoms with Gasteiger partial charge in [-0.05, 0) is 89.1 Å². The van der Waals surface area contributed by atoms with Gasteiger partial charge in [0.25, 0.3) is 11.8 Å². The minimum absolute atomic E-state index is 0.00287. The van der Waals surface area contributed by atoms with Crippen LogP contribution in [0.3, 0.4) is 0 Å². The van der Waals surface area contributed by atoms with Crippen molar-refractivity contribution in [2.75, 3.05) is 66.9 Å². The van der Waals surface area contributed by atoms with E-state index in [4.69, 9.17) is 9.47 Å². The summed E-state index contributed by atoms with van der Waals surface area (Å²) < 4.78 is 12.1. The molecule has 20 heteroatoms. The Morgan fingerprint density at radius 2 is 1.46 bits per heavy atom. The summed E-state index contributed by atoms with van der Waals surface area (Å²) in [6, 6.07) is 3.17. The van der Waals surface area contributed by atoms with Crippen LogP contribution in [0.2, 0.25) is 0 Å². The lowest BCUT2D eigenvalue weighted by molar-refractivity contribution is -0.149. The first-order valence-corrected chi connectivity index (χ1v) is 24.9. The number of nitrogens with one attached hydrogen (secondary N) is 4. The molecule has 0 bridgehead atoms. The van der Waals surface area contributed by atoms with Gasteiger partial charge in [0.05, 0.1) is 42.7 Å². The van der Waals surface area contributed by atoms with E-state index in [9.17, 15) is 43.2 Å². The number of carbonyl (C=O) groups is 9. The van der Waals surface area contributed by atoms with Gasteiger partial charge < -0.3 is 45.4 Å². The van der Waals surface area contributed by atoms with E-state index >= 15 is 0 Å². The molecule has 2 saturated heterocycles. The van der Waals surface area contributed by atoms with Crippen molar-refractivity contribution in [2.24, 2.45) is 17.8 Å². The number of methoxy groups -OCH3 is 2. The van der Waals surface area contributed by atoms with E-state index in [0.717, 1.165) is 54.8 Å². The molecule has 0 aliphatic carbocycles. The molecule has 3 aliphatic heterocycles. The zero-order valence-corrected chi connectivity index (χ0v) is 43.8. The summed E-state index contributed by atoms with van der Waals surface area (Å²) in [7, 11) is 8.46. The maximum atomic E-state index is 14.4. The van der Waals surface area contributed by atoms with Crippen LogP contribution in [0.25, 0.3) is 0 Å². The van der Waals surface area contributed by atoms with Gasteiger partial charge in [-0.3, -0.25) is 53.0 Å². The standard InChI is InChI=1S/C51H79N9O11/c1-13-31(4)45(58(10)51(69)44(30(2)3)55-49(67)38-20-15-24-56(38)8)39(70-11)28-43(64)59-25-16-19-37(59)46(71-12)32(5)50(68)57(9)26-23-35-17-14-18-36(27-35)54-48(66)34(7)53-47(65)33(6)52-40(61)29-60-41(62)21-22-42(60)63/h14,17-18,21-22,27,30-34,37-39,44-46H,13,15-16,19-20,23-26,28-29H2,1-12H3,(H,52,61)(H,53,65)(H,54,66)(H,55,67)/t31-,32+,33-,34-,37-,38-,39+,44-,45-,46+/m0/s1. The molecule has 0 unspecified atom stereocenters. The Morgan fingerprint density at radius 3 is 2.06 bits per heavy atom. The Morgan fingerprint density at radius 1 is 0.817 bits per heavy atom. The number of anilines is 1. The number of imide groups is 1. The van der Waals surface area contributed by atoms with E-state index in [1.165, 1.54) is 13.8 Å². The van der Waals surface area contributed by atoms with Crippen molar-refractivity contribution in [3.8, 4) is 0 Å². The van der Waals surface area contributed by atoms with E-state index in [0.29, 0.717) is 31.6 Å². The summed E-state index contributed by atoms with van der Waals surface area (Å²) in [6.07, 6.45) is 5.05. The number of nitrogens with zero attached hydrogens (tertiary/aromatic N) is 5. The second-order valence-corrected chi connectivity index (χ2v) is 19.8. The van der Waals surface area contributed by atoms with Crippen molar-refractivity contribution >= 4 is 58.9 Å². The maximum absolute atomic E-state index is 14.4. The highest BCUT2D eigenvalue weighted by atomic mass is 16.5. The lowest BCUT2D eigenvalue weighted by atomic mass is 9.89. The zero-order valence-electron chi connectivity index (χ0n) is 43.8. The molecule has 1 aromatic carbocycles. The Hall–Kier alpha value is -5.73. The quantitative estimate of drug-likeness (QED) is 0.103. The number of amides is 9. The first-order valence-electron chi connectivity index (χ1n) is 24.9. The second-order valence-electron chi connectivity index (χ2n) is 19.8. The fraction of sp³-hybridized carbons (Fsp3) is 0.667. The van der Waals surface area contributed by atoms with Crippen LogP contribution in [-0.4, -0.2) is 188 Å². The molecule has 3 heterocycles. The summed E-state index contributed by atoms with van der Waals surface area (Å²) >= 11 is 0. The van der Waals surface area contributed by atoms with Crippen molar-refractivity contribution in [3.05, 3.63) is 42.0 Å². The van der Waals surface area contributed by atoms with Gasteiger partial charge in [0.2, 0.25) is 41.4 Å². The molecule has 0 spiro atoms. The Balaban J connectivity index is 1.32. The van der Waals surface area contributed by atoms with Crippen LogP contribution in [0.1, 0.15) is 92.6 Å². The van der Waals surface area contributed by atoms with Crippen LogP contribution in [0, 0.1) is 17.8 Å². The smallest absolute Gasteiger partial charge is 0.254 e. The predicted molar refractivity (Wildman–Crippen MR) is 266 cm³/mol. The van der Waals surface area contributed by atoms with Crippen molar-refractivity contribution in [2.45, 2.75) is 142 Å². The molecule has 4 N–H and O–H groups in total. The van der Waals surface area contributed by atoms with E-state index in [1.807, 2.05) is 52.6 Å². The highest BCUT2D eigenvalue weighted by Gasteiger charge is 2.44. The van der Waals surface area contributed by atoms with Gasteiger partial charge in [-0.1, -0.05) is 53.2 Å². The van der Waals surface area contributed by atoms with Gasteiger partial charge in [0.1, 0.15) is 24.7 Å². The van der Waals surface area contributed by atoms with Gasteiger partial charge in [-0.15, -0.1) is 0 Å². The number of hydrogen-bond donors (Lipinski definition) is 4. The van der Waals surface area contributed by atoms with Gasteiger partial charge in [0, 0.05) is 59.2 Å². The lowest BCUT2D eigenvalue weighted by Crippen LogP contribution is -2.59. The van der Waals surface area contributed by atoms with E-state index in [1.54, 1.807) is 61.2 Å². The summed E-state index contributed by atoms with van der Waals surface area (Å²) in [4.78, 5) is 126. The average molecular weight is 994 g/mol. The number of carbonyl (C=O) groups excluding carboxylic acids is 9. The summed E-state index contributed by atoms with van der Waals surface area (Å²) in [5.74, 6) is -4.68. The number of benzene rings is 1. The van der Waals surface area contributed by atoms with Crippen molar-refractivity contribution < 1.29 is 52.6 Å². The van der Waals surface area contributed by atoms with E-state index in [2.05, 4.69) is 21.3 Å². The molecule has 0 aromatic heterocycles. The average Bonchev–Trinajstić information content (AvgIpc) is 4.09. The zero-order chi connectivity index (χ0) is 52.9. The first kappa shape index (κ1) is 57.8. The lowest BCUT2D eigenvalue weighted by Gasteiger charge is -2.41. The third-order valence-corrected chi connectivity index (χ3v) is 14.3. The SMILES string of the molecule is CC[C@H](C)[C@@H]([C@@H](CC(=O)N1CCC[C@H]1[C@H](OC)[C@@H](C)C(=O)N(C)CCc1cccc(NC(=O)[C@H](C)NC(=O)[C@H](C)NC(=O)CN2C(=O)C=CC2=O)c1)OC)N(C)C(=O)[C@@H](NC(=O)[C@@H]1CCCN1C)C(C)C. The fourth-order valence-corrected chi connectivity index (χ4v) is 9.82. The van der Waals surface area contributed by atoms with Gasteiger partial charge >= 0.3 is 0 Å². The largest absolute Gasteiger partial charge is 0.379 e. The fourth-order valence-electron chi connectivity index (χ4n) is 9.82. The topological polar surface area (TPSA) is 236 Å². The van der Waals surface area contributed by atoms with Crippen LogP contribution >= 0.6 is 0 Å². The van der Waals surface area contributed by atoms with Crippen LogP contribution in [0.4, 0.5) is 5.69 Å². The molecule has 4 rings (SSSR count). The molecular formula is C51H79N9O11. The van der Waals surface area contributed by atoms with Crippen LogP contribution in [0.15, 0.2) is 36.4 Å². The molecule has 0 saturated carbocycles. The highest BCUT2D eigenvalue weighted by molar-refractivity contribution is 6.14. The number of likely N-dealkylation sites (tertiary alicyclic amines) is 2. The number of rotatable bonds is 25. The molecule has 9 amide bonds. The minimum atomic E-state index is -1.06. The normalized spacial score (nSPS) is 20.4. The number of hydrogen-bond acceptors (Lipinski definition) is 12. The van der Waals surface area contributed by atoms with Crippen LogP contribution < -0.4 is 21.3 Å². The molecular weight excluding hydrogens is 915 g/mol. The van der Waals surface area contributed by atoms with Gasteiger partial charge in [0.15, 0.2) is 0 Å². The molecule has 71 heavy (non-hydrogen) atoms. The van der Waals surface area contributed by atoms with Crippen molar-refractivity contribution in [1.82, 2.24) is 40.4 Å². The van der Waals surface area contributed by atoms with Crippen molar-refractivity contribution in [3.63, 3.8) is 0 Å². The molecule has 10 atom stereocenters. The second kappa shape index (κ2) is 26.6. The third-order valence-electron chi connectivity index (χ3n) is 14.3. The molecule has 20 nitrogen and oxygen atoms in total. The van der Waals surface area contributed by atoms with E-state index in [-0.39, 0.29) is 54.0 Å². The summed E-state index contributed by atoms with van der Waals surface area (Å²) in [5.41, 5.74) is 1.30.